The molecule has 0 unspecified atom stereocenters. The highest BCUT2D eigenvalue weighted by Crippen LogP contribution is 2.16. The molecule has 0 N–H and O–H groups in total. The molecule has 0 saturated carbocycles. The van der Waals surface area contributed by atoms with Crippen LogP contribution < -0.4 is 4.57 Å². The summed E-state index contributed by atoms with van der Waals surface area (Å²) in [6, 6.07) is 25.8. The number of pyridine rings is 1. The molecule has 0 spiro atoms. The molecule has 1 heterocycles. The van der Waals surface area contributed by atoms with E-state index in [2.05, 4.69) is 89.8 Å². The van der Waals surface area contributed by atoms with Crippen LogP contribution in [-0.2, 0) is 6.54 Å². The summed E-state index contributed by atoms with van der Waals surface area (Å²) in [4.78, 5) is 0. The van der Waals surface area contributed by atoms with E-state index in [0.29, 0.717) is 0 Å². The molecule has 0 aliphatic carbocycles. The van der Waals surface area contributed by atoms with Crippen molar-refractivity contribution in [3.05, 3.63) is 90.8 Å². The number of hydrogen-bond acceptors (Lipinski definition) is 0. The lowest BCUT2D eigenvalue weighted by molar-refractivity contribution is -0.687. The molecule has 100 valence electrons. The third-order valence-corrected chi connectivity index (χ3v) is 3.93. The van der Waals surface area contributed by atoms with Crippen molar-refractivity contribution >= 4 is 21.5 Å². The summed E-state index contributed by atoms with van der Waals surface area (Å²) in [6.45, 7) is 0.898. The van der Waals surface area contributed by atoms with Crippen molar-refractivity contribution in [2.24, 2.45) is 0 Å². The molecule has 4 aromatic rings. The van der Waals surface area contributed by atoms with Gasteiger partial charge in [-0.05, 0) is 28.3 Å². The van der Waals surface area contributed by atoms with Gasteiger partial charge in [0.1, 0.15) is 0 Å². The Bertz CT molecular complexity index is 847. The lowest BCUT2D eigenvalue weighted by Gasteiger charge is -2.02. The van der Waals surface area contributed by atoms with Gasteiger partial charge in [-0.25, -0.2) is 4.57 Å². The standard InChI is InChI=1S/C20H16N/c1-3-7-19-13-16(9-10-17(19)5-1)14-21-12-11-18-6-2-4-8-20(18)15-21/h1-13,15H,14H2/q+1. The largest absolute Gasteiger partial charge is 0.200 e. The second-order valence-corrected chi connectivity index (χ2v) is 5.43. The lowest BCUT2D eigenvalue weighted by Crippen LogP contribution is -2.33. The van der Waals surface area contributed by atoms with Crippen molar-refractivity contribution in [2.75, 3.05) is 0 Å². The van der Waals surface area contributed by atoms with E-state index in [1.807, 2.05) is 0 Å². The highest BCUT2D eigenvalue weighted by molar-refractivity contribution is 5.83. The molecule has 0 atom stereocenters. The maximum absolute atomic E-state index is 2.28. The molecular weight excluding hydrogens is 254 g/mol. The lowest BCUT2D eigenvalue weighted by atomic mass is 10.1. The molecule has 3 aromatic carbocycles. The van der Waals surface area contributed by atoms with Crippen LogP contribution in [0.4, 0.5) is 0 Å². The molecule has 1 heteroatoms. The Morgan fingerprint density at radius 3 is 2.10 bits per heavy atom. The van der Waals surface area contributed by atoms with Gasteiger partial charge in [-0.1, -0.05) is 54.6 Å². The summed E-state index contributed by atoms with van der Waals surface area (Å²) < 4.78 is 2.24. The van der Waals surface area contributed by atoms with Crippen molar-refractivity contribution in [1.82, 2.24) is 0 Å². The summed E-state index contributed by atoms with van der Waals surface area (Å²) in [7, 11) is 0. The zero-order valence-corrected chi connectivity index (χ0v) is 11.7. The van der Waals surface area contributed by atoms with Crippen LogP contribution in [0.5, 0.6) is 0 Å². The van der Waals surface area contributed by atoms with E-state index < -0.39 is 0 Å². The third-order valence-electron chi connectivity index (χ3n) is 3.93. The van der Waals surface area contributed by atoms with Gasteiger partial charge in [-0.2, -0.15) is 0 Å². The molecule has 0 aliphatic heterocycles. The van der Waals surface area contributed by atoms with Crippen molar-refractivity contribution in [1.29, 1.82) is 0 Å². The van der Waals surface area contributed by atoms with Gasteiger partial charge >= 0.3 is 0 Å². The van der Waals surface area contributed by atoms with Gasteiger partial charge in [-0.3, -0.25) is 0 Å². The number of aromatic nitrogens is 1. The molecular formula is C20H16N+. The van der Waals surface area contributed by atoms with Crippen LogP contribution in [0.25, 0.3) is 21.5 Å². The Morgan fingerprint density at radius 2 is 1.29 bits per heavy atom. The summed E-state index contributed by atoms with van der Waals surface area (Å²) in [5.41, 5.74) is 1.33. The topological polar surface area (TPSA) is 3.88 Å². The Balaban J connectivity index is 1.71. The van der Waals surface area contributed by atoms with Crippen molar-refractivity contribution in [3.63, 3.8) is 0 Å². The van der Waals surface area contributed by atoms with Crippen molar-refractivity contribution in [2.45, 2.75) is 6.54 Å². The Labute approximate surface area is 124 Å². The van der Waals surface area contributed by atoms with Gasteiger partial charge in [0.2, 0.25) is 0 Å². The van der Waals surface area contributed by atoms with Crippen LogP contribution in [0.2, 0.25) is 0 Å². The number of rotatable bonds is 2. The number of nitrogens with zero attached hydrogens (tertiary/aromatic N) is 1. The van der Waals surface area contributed by atoms with Crippen LogP contribution >= 0.6 is 0 Å². The zero-order chi connectivity index (χ0) is 14.1. The maximum Gasteiger partial charge on any atom is 0.176 e. The van der Waals surface area contributed by atoms with Gasteiger partial charge in [0.15, 0.2) is 18.9 Å². The van der Waals surface area contributed by atoms with E-state index in [9.17, 15) is 0 Å². The Hall–Kier alpha value is -2.67. The van der Waals surface area contributed by atoms with Gasteiger partial charge in [0.05, 0.1) is 0 Å². The van der Waals surface area contributed by atoms with Crippen LogP contribution in [-0.4, -0.2) is 0 Å². The molecule has 1 nitrogen and oxygen atoms in total. The van der Waals surface area contributed by atoms with E-state index >= 15 is 0 Å². The highest BCUT2D eigenvalue weighted by Gasteiger charge is 2.05. The Kier molecular flexibility index (Phi) is 2.89. The zero-order valence-electron chi connectivity index (χ0n) is 11.7. The monoisotopic (exact) mass is 270 g/mol. The summed E-state index contributed by atoms with van der Waals surface area (Å²) >= 11 is 0. The molecule has 0 radical (unpaired) electrons. The quantitative estimate of drug-likeness (QED) is 0.477. The number of fused-ring (bicyclic) bond motifs is 2. The highest BCUT2D eigenvalue weighted by atomic mass is 14.9. The minimum Gasteiger partial charge on any atom is -0.200 e. The second-order valence-electron chi connectivity index (χ2n) is 5.43. The Morgan fingerprint density at radius 1 is 0.619 bits per heavy atom. The van der Waals surface area contributed by atoms with Crippen LogP contribution in [0.15, 0.2) is 85.2 Å². The van der Waals surface area contributed by atoms with E-state index in [0.717, 1.165) is 6.54 Å². The molecule has 0 amide bonds. The first-order chi connectivity index (χ1) is 10.4. The van der Waals surface area contributed by atoms with Gasteiger partial charge in [-0.15, -0.1) is 0 Å². The molecule has 0 aliphatic rings. The average molecular weight is 270 g/mol. The normalized spacial score (nSPS) is 11.0. The van der Waals surface area contributed by atoms with Gasteiger partial charge in [0.25, 0.3) is 0 Å². The number of hydrogen-bond donors (Lipinski definition) is 0. The molecule has 1 aromatic heterocycles. The van der Waals surface area contributed by atoms with Gasteiger partial charge < -0.3 is 0 Å². The second kappa shape index (κ2) is 5.02. The fourth-order valence-electron chi connectivity index (χ4n) is 2.82. The smallest absolute Gasteiger partial charge is 0.176 e. The molecule has 0 saturated heterocycles. The average Bonchev–Trinajstić information content (AvgIpc) is 2.55. The number of benzene rings is 3. The fourth-order valence-corrected chi connectivity index (χ4v) is 2.82. The summed E-state index contributed by atoms with van der Waals surface area (Å²) in [5, 5.41) is 5.16. The summed E-state index contributed by atoms with van der Waals surface area (Å²) in [6.07, 6.45) is 4.36. The third kappa shape index (κ3) is 2.38. The predicted molar refractivity (Wildman–Crippen MR) is 87.2 cm³/mol. The van der Waals surface area contributed by atoms with Crippen molar-refractivity contribution < 1.29 is 4.57 Å². The molecule has 21 heavy (non-hydrogen) atoms. The predicted octanol–water partition coefficient (Wildman–Crippen LogP) is 4.33. The van der Waals surface area contributed by atoms with Gasteiger partial charge in [0, 0.05) is 17.0 Å². The molecule has 0 bridgehead atoms. The van der Waals surface area contributed by atoms with Crippen molar-refractivity contribution in [3.8, 4) is 0 Å². The minimum absolute atomic E-state index is 0.898. The van der Waals surface area contributed by atoms with E-state index in [4.69, 9.17) is 0 Å². The maximum atomic E-state index is 2.28. The van der Waals surface area contributed by atoms with Crippen LogP contribution in [0.3, 0.4) is 0 Å². The van der Waals surface area contributed by atoms with E-state index in [-0.39, 0.29) is 0 Å². The first-order valence-electron chi connectivity index (χ1n) is 7.24. The molecule has 0 fully saturated rings. The first kappa shape index (κ1) is 12.1. The summed E-state index contributed by atoms with van der Waals surface area (Å²) in [5.74, 6) is 0. The van der Waals surface area contributed by atoms with Crippen LogP contribution in [0, 0.1) is 0 Å². The van der Waals surface area contributed by atoms with Crippen LogP contribution in [0.1, 0.15) is 5.56 Å². The molecule has 4 rings (SSSR count). The fraction of sp³-hybridized carbons (Fsp3) is 0.0500. The minimum atomic E-state index is 0.898. The first-order valence-corrected chi connectivity index (χ1v) is 7.24. The van der Waals surface area contributed by atoms with E-state index in [1.54, 1.807) is 0 Å². The SMILES string of the molecule is c1ccc2cc(C[n+]3ccc4ccccc4c3)ccc2c1. The van der Waals surface area contributed by atoms with E-state index in [1.165, 1.54) is 27.1 Å².